The number of aromatic nitrogens is 4. The summed E-state index contributed by atoms with van der Waals surface area (Å²) < 4.78 is 1.92. The van der Waals surface area contributed by atoms with Gasteiger partial charge < -0.3 is 5.32 Å². The Balaban J connectivity index is 1.80. The lowest BCUT2D eigenvalue weighted by Gasteiger charge is -2.16. The molecule has 1 unspecified atom stereocenters. The molecule has 0 aromatic carbocycles. The number of thiazole rings is 1. The van der Waals surface area contributed by atoms with Crippen LogP contribution in [0.1, 0.15) is 39.8 Å². The van der Waals surface area contributed by atoms with E-state index in [0.29, 0.717) is 0 Å². The first-order valence-electron chi connectivity index (χ1n) is 7.01. The summed E-state index contributed by atoms with van der Waals surface area (Å²) in [5.41, 5.74) is 4.20. The van der Waals surface area contributed by atoms with Gasteiger partial charge in [0.2, 0.25) is 0 Å². The Morgan fingerprint density at radius 1 is 1.24 bits per heavy atom. The van der Waals surface area contributed by atoms with E-state index in [1.54, 1.807) is 11.3 Å². The summed E-state index contributed by atoms with van der Waals surface area (Å²) in [4.78, 5) is 10.0. The number of hydrogen-bond donors (Lipinski definition) is 1. The summed E-state index contributed by atoms with van der Waals surface area (Å²) in [6.07, 6.45) is 3.88. The molecule has 3 rings (SSSR count). The standard InChI is InChI=1S/C15H19N5S/c1-9-5-15-18-8-14(11(3)20(15)19-9)10(2)16-6-13-7-17-12(4)21-13/h5,7-8,10,16H,6H2,1-4H3. The van der Waals surface area contributed by atoms with E-state index in [4.69, 9.17) is 0 Å². The molecular weight excluding hydrogens is 282 g/mol. The summed E-state index contributed by atoms with van der Waals surface area (Å²) in [5, 5.41) is 9.13. The number of hydrogen-bond acceptors (Lipinski definition) is 5. The Morgan fingerprint density at radius 2 is 2.05 bits per heavy atom. The fraction of sp³-hybridized carbons (Fsp3) is 0.400. The monoisotopic (exact) mass is 301 g/mol. The van der Waals surface area contributed by atoms with E-state index in [0.717, 1.165) is 28.6 Å². The lowest BCUT2D eigenvalue weighted by molar-refractivity contribution is 0.568. The lowest BCUT2D eigenvalue weighted by Crippen LogP contribution is -2.19. The van der Waals surface area contributed by atoms with E-state index < -0.39 is 0 Å². The minimum absolute atomic E-state index is 0.216. The summed E-state index contributed by atoms with van der Waals surface area (Å²) >= 11 is 1.73. The Labute approximate surface area is 128 Å². The fourth-order valence-electron chi connectivity index (χ4n) is 2.45. The van der Waals surface area contributed by atoms with Gasteiger partial charge in [-0.3, -0.25) is 0 Å². The molecule has 0 saturated heterocycles. The van der Waals surface area contributed by atoms with Crippen LogP contribution in [-0.2, 0) is 6.54 Å². The van der Waals surface area contributed by atoms with E-state index in [9.17, 15) is 0 Å². The fourth-order valence-corrected chi connectivity index (χ4v) is 3.20. The van der Waals surface area contributed by atoms with Crippen LogP contribution >= 0.6 is 11.3 Å². The topological polar surface area (TPSA) is 55.1 Å². The van der Waals surface area contributed by atoms with Crippen LogP contribution in [0.4, 0.5) is 0 Å². The predicted molar refractivity (Wildman–Crippen MR) is 84.6 cm³/mol. The van der Waals surface area contributed by atoms with Crippen molar-refractivity contribution in [2.45, 2.75) is 40.3 Å². The number of nitrogens with one attached hydrogen (secondary N) is 1. The van der Waals surface area contributed by atoms with Crippen molar-refractivity contribution in [3.8, 4) is 0 Å². The highest BCUT2D eigenvalue weighted by Gasteiger charge is 2.13. The smallest absolute Gasteiger partial charge is 0.155 e. The average molecular weight is 301 g/mol. The molecule has 0 aliphatic heterocycles. The molecule has 3 aromatic heterocycles. The first-order chi connectivity index (χ1) is 10.0. The number of aryl methyl sites for hydroxylation is 3. The van der Waals surface area contributed by atoms with Gasteiger partial charge in [0, 0.05) is 47.2 Å². The minimum Gasteiger partial charge on any atom is -0.305 e. The van der Waals surface area contributed by atoms with Crippen LogP contribution in [0.25, 0.3) is 5.65 Å². The molecule has 0 aliphatic carbocycles. The van der Waals surface area contributed by atoms with E-state index in [-0.39, 0.29) is 6.04 Å². The largest absolute Gasteiger partial charge is 0.305 e. The van der Waals surface area contributed by atoms with Gasteiger partial charge in [-0.2, -0.15) is 5.10 Å². The van der Waals surface area contributed by atoms with Crippen molar-refractivity contribution < 1.29 is 0 Å². The summed E-state index contributed by atoms with van der Waals surface area (Å²) in [6, 6.07) is 2.21. The molecular formula is C15H19N5S. The van der Waals surface area contributed by atoms with Crippen molar-refractivity contribution >= 4 is 17.0 Å². The SMILES string of the molecule is Cc1cc2ncc(C(C)NCc3cnc(C)s3)c(C)n2n1. The molecule has 0 spiro atoms. The molecule has 3 aromatic rings. The van der Waals surface area contributed by atoms with E-state index in [1.807, 2.05) is 36.8 Å². The Morgan fingerprint density at radius 3 is 2.76 bits per heavy atom. The quantitative estimate of drug-likeness (QED) is 0.805. The molecule has 21 heavy (non-hydrogen) atoms. The minimum atomic E-state index is 0.216. The van der Waals surface area contributed by atoms with Crippen LogP contribution in [0.5, 0.6) is 0 Å². The van der Waals surface area contributed by atoms with Gasteiger partial charge in [-0.15, -0.1) is 11.3 Å². The van der Waals surface area contributed by atoms with Gasteiger partial charge in [-0.05, 0) is 27.7 Å². The third kappa shape index (κ3) is 2.82. The number of rotatable bonds is 4. The van der Waals surface area contributed by atoms with E-state index in [1.165, 1.54) is 10.4 Å². The third-order valence-electron chi connectivity index (χ3n) is 3.60. The molecule has 0 bridgehead atoms. The van der Waals surface area contributed by atoms with Gasteiger partial charge in [-0.25, -0.2) is 14.5 Å². The molecule has 0 radical (unpaired) electrons. The number of fused-ring (bicyclic) bond motifs is 1. The highest BCUT2D eigenvalue weighted by Crippen LogP contribution is 2.19. The molecule has 0 amide bonds. The van der Waals surface area contributed by atoms with Gasteiger partial charge in [0.25, 0.3) is 0 Å². The van der Waals surface area contributed by atoms with Crippen molar-refractivity contribution in [3.05, 3.63) is 45.3 Å². The van der Waals surface area contributed by atoms with Crippen LogP contribution in [0.15, 0.2) is 18.5 Å². The predicted octanol–water partition coefficient (Wildman–Crippen LogP) is 2.96. The van der Waals surface area contributed by atoms with Crippen molar-refractivity contribution in [3.63, 3.8) is 0 Å². The first kappa shape index (κ1) is 14.2. The zero-order valence-electron chi connectivity index (χ0n) is 12.7. The summed E-state index contributed by atoms with van der Waals surface area (Å²) in [7, 11) is 0. The highest BCUT2D eigenvalue weighted by atomic mass is 32.1. The molecule has 0 saturated carbocycles. The molecule has 5 nitrogen and oxygen atoms in total. The van der Waals surface area contributed by atoms with Gasteiger partial charge in [0.15, 0.2) is 5.65 Å². The molecule has 0 fully saturated rings. The van der Waals surface area contributed by atoms with Crippen molar-refractivity contribution in [2.24, 2.45) is 0 Å². The van der Waals surface area contributed by atoms with E-state index in [2.05, 4.69) is 34.2 Å². The van der Waals surface area contributed by atoms with Crippen molar-refractivity contribution in [1.29, 1.82) is 0 Å². The maximum absolute atomic E-state index is 4.50. The zero-order chi connectivity index (χ0) is 15.0. The van der Waals surface area contributed by atoms with Crippen LogP contribution in [0.2, 0.25) is 0 Å². The van der Waals surface area contributed by atoms with Crippen LogP contribution < -0.4 is 5.32 Å². The van der Waals surface area contributed by atoms with Crippen LogP contribution in [-0.4, -0.2) is 19.6 Å². The van der Waals surface area contributed by atoms with Crippen LogP contribution in [0, 0.1) is 20.8 Å². The second-order valence-corrected chi connectivity index (χ2v) is 6.62. The molecule has 6 heteroatoms. The van der Waals surface area contributed by atoms with Crippen molar-refractivity contribution in [2.75, 3.05) is 0 Å². The Hall–Kier alpha value is -1.79. The normalized spacial score (nSPS) is 13.0. The summed E-state index contributed by atoms with van der Waals surface area (Å²) in [5.74, 6) is 0. The Bertz CT molecular complexity index is 774. The highest BCUT2D eigenvalue weighted by molar-refractivity contribution is 7.11. The lowest BCUT2D eigenvalue weighted by atomic mass is 10.1. The second kappa shape index (κ2) is 5.54. The average Bonchev–Trinajstić information content (AvgIpc) is 3.02. The van der Waals surface area contributed by atoms with Gasteiger partial charge in [0.05, 0.1) is 10.7 Å². The number of nitrogens with zero attached hydrogens (tertiary/aromatic N) is 4. The molecule has 1 N–H and O–H groups in total. The van der Waals surface area contributed by atoms with E-state index >= 15 is 0 Å². The zero-order valence-corrected chi connectivity index (χ0v) is 13.5. The molecule has 110 valence electrons. The van der Waals surface area contributed by atoms with Gasteiger partial charge in [-0.1, -0.05) is 0 Å². The van der Waals surface area contributed by atoms with Gasteiger partial charge >= 0.3 is 0 Å². The van der Waals surface area contributed by atoms with Crippen molar-refractivity contribution in [1.82, 2.24) is 24.9 Å². The molecule has 1 atom stereocenters. The maximum atomic E-state index is 4.50. The second-order valence-electron chi connectivity index (χ2n) is 5.30. The third-order valence-corrected chi connectivity index (χ3v) is 4.52. The molecule has 3 heterocycles. The summed E-state index contributed by atoms with van der Waals surface area (Å²) in [6.45, 7) is 9.08. The van der Waals surface area contributed by atoms with Gasteiger partial charge in [0.1, 0.15) is 0 Å². The van der Waals surface area contributed by atoms with Crippen LogP contribution in [0.3, 0.4) is 0 Å². The Kier molecular flexibility index (Phi) is 3.73. The first-order valence-corrected chi connectivity index (χ1v) is 7.83. The molecule has 0 aliphatic rings. The maximum Gasteiger partial charge on any atom is 0.155 e.